The Morgan fingerprint density at radius 3 is 2.50 bits per heavy atom. The van der Waals surface area contributed by atoms with Crippen LogP contribution in [-0.2, 0) is 12.8 Å². The third kappa shape index (κ3) is 5.52. The first kappa shape index (κ1) is 22.4. The van der Waals surface area contributed by atoms with Crippen molar-refractivity contribution in [2.24, 2.45) is 0 Å². The predicted molar refractivity (Wildman–Crippen MR) is 132 cm³/mol. The van der Waals surface area contributed by atoms with Crippen LogP contribution in [0.5, 0.6) is 11.5 Å². The summed E-state index contributed by atoms with van der Waals surface area (Å²) in [5.74, 6) is 2.19. The van der Waals surface area contributed by atoms with Gasteiger partial charge in [-0.25, -0.2) is 0 Å². The van der Waals surface area contributed by atoms with Crippen LogP contribution in [0.4, 0.5) is 0 Å². The van der Waals surface area contributed by atoms with E-state index in [1.807, 2.05) is 12.1 Å². The minimum atomic E-state index is 0.367. The summed E-state index contributed by atoms with van der Waals surface area (Å²) in [6, 6.07) is 25.4. The number of phenolic OH excluding ortho intramolecular Hbond substituents is 1. The quantitative estimate of drug-likeness (QED) is 0.441. The molecular weight excluding hydrogens is 394 g/mol. The number of benzene rings is 3. The molecule has 32 heavy (non-hydrogen) atoms. The maximum atomic E-state index is 10.00. The van der Waals surface area contributed by atoms with Crippen LogP contribution >= 0.6 is 0 Å². The highest BCUT2D eigenvalue weighted by Gasteiger charge is 2.31. The van der Waals surface area contributed by atoms with Gasteiger partial charge >= 0.3 is 0 Å². The van der Waals surface area contributed by atoms with Gasteiger partial charge in [0.25, 0.3) is 0 Å². The first-order valence-corrected chi connectivity index (χ1v) is 11.9. The standard InChI is InChI=1S/C29H35NO2/c1-3-17-30(2)18-19-32-26-13-9-22(10-14-26)20-29-27(23-7-5-4-6-8-23)15-11-24-21-25(31)12-16-28(24)29/h4-10,12-14,16,21,27,29,31H,3,11,15,17-20H2,1-2H3/t27-,29+/m1/s1. The van der Waals surface area contributed by atoms with Gasteiger partial charge < -0.3 is 14.7 Å². The number of hydrogen-bond acceptors (Lipinski definition) is 3. The number of likely N-dealkylation sites (N-methyl/N-ethyl adjacent to an activating group) is 1. The Hall–Kier alpha value is -2.78. The van der Waals surface area contributed by atoms with Crippen molar-refractivity contribution in [1.29, 1.82) is 0 Å². The highest BCUT2D eigenvalue weighted by atomic mass is 16.5. The second-order valence-electron chi connectivity index (χ2n) is 9.05. The molecule has 0 spiro atoms. The molecule has 0 saturated heterocycles. The SMILES string of the molecule is CCCN(C)CCOc1ccc(C[C@@H]2c3ccc(O)cc3CC[C@@H]2c2ccccc2)cc1. The number of rotatable bonds is 9. The normalized spacial score (nSPS) is 17.8. The van der Waals surface area contributed by atoms with Crippen LogP contribution < -0.4 is 4.74 Å². The highest BCUT2D eigenvalue weighted by molar-refractivity contribution is 5.43. The molecule has 0 amide bonds. The molecule has 0 aromatic heterocycles. The van der Waals surface area contributed by atoms with E-state index in [-0.39, 0.29) is 0 Å². The van der Waals surface area contributed by atoms with Crippen LogP contribution in [0.25, 0.3) is 0 Å². The van der Waals surface area contributed by atoms with Gasteiger partial charge in [-0.15, -0.1) is 0 Å². The molecule has 0 radical (unpaired) electrons. The molecule has 0 heterocycles. The number of fused-ring (bicyclic) bond motifs is 1. The number of ether oxygens (including phenoxy) is 1. The highest BCUT2D eigenvalue weighted by Crippen LogP contribution is 2.45. The summed E-state index contributed by atoms with van der Waals surface area (Å²) in [5.41, 5.74) is 5.40. The second-order valence-corrected chi connectivity index (χ2v) is 9.05. The van der Waals surface area contributed by atoms with Crippen LogP contribution in [0, 0.1) is 0 Å². The van der Waals surface area contributed by atoms with E-state index in [0.717, 1.165) is 38.1 Å². The zero-order valence-electron chi connectivity index (χ0n) is 19.3. The molecular formula is C29H35NO2. The fourth-order valence-corrected chi connectivity index (χ4v) is 5.04. The van der Waals surface area contributed by atoms with Crippen molar-refractivity contribution in [2.75, 3.05) is 26.7 Å². The topological polar surface area (TPSA) is 32.7 Å². The average molecular weight is 430 g/mol. The smallest absolute Gasteiger partial charge is 0.119 e. The maximum Gasteiger partial charge on any atom is 0.119 e. The van der Waals surface area contributed by atoms with Gasteiger partial charge in [0.2, 0.25) is 0 Å². The minimum Gasteiger partial charge on any atom is -0.508 e. The molecule has 1 N–H and O–H groups in total. The fraction of sp³-hybridized carbons (Fsp3) is 0.379. The number of aromatic hydroxyl groups is 1. The number of phenols is 1. The molecule has 4 rings (SSSR count). The largest absolute Gasteiger partial charge is 0.508 e. The van der Waals surface area contributed by atoms with E-state index in [2.05, 4.69) is 79.5 Å². The average Bonchev–Trinajstić information content (AvgIpc) is 2.81. The molecule has 0 aliphatic heterocycles. The summed E-state index contributed by atoms with van der Waals surface area (Å²) >= 11 is 0. The summed E-state index contributed by atoms with van der Waals surface area (Å²) in [4.78, 5) is 2.30. The van der Waals surface area contributed by atoms with Crippen molar-refractivity contribution in [3.05, 3.63) is 95.1 Å². The monoisotopic (exact) mass is 429 g/mol. The van der Waals surface area contributed by atoms with Gasteiger partial charge in [0.15, 0.2) is 0 Å². The number of aryl methyl sites for hydroxylation is 1. The van der Waals surface area contributed by atoms with Gasteiger partial charge in [-0.3, -0.25) is 0 Å². The van der Waals surface area contributed by atoms with Crippen molar-refractivity contribution < 1.29 is 9.84 Å². The van der Waals surface area contributed by atoms with Gasteiger partial charge in [-0.1, -0.05) is 55.5 Å². The first-order valence-electron chi connectivity index (χ1n) is 11.9. The van der Waals surface area contributed by atoms with Crippen LogP contribution in [0.1, 0.15) is 53.9 Å². The minimum absolute atomic E-state index is 0.367. The molecule has 1 aliphatic carbocycles. The van der Waals surface area contributed by atoms with E-state index >= 15 is 0 Å². The van der Waals surface area contributed by atoms with Gasteiger partial charge in [0, 0.05) is 6.54 Å². The fourth-order valence-electron chi connectivity index (χ4n) is 5.04. The molecule has 3 aromatic rings. The Labute approximate surface area is 192 Å². The molecule has 0 fully saturated rings. The van der Waals surface area contributed by atoms with Crippen molar-refractivity contribution >= 4 is 0 Å². The van der Waals surface area contributed by atoms with Crippen molar-refractivity contribution in [2.45, 2.75) is 44.4 Å². The number of nitrogens with zero attached hydrogens (tertiary/aromatic N) is 1. The molecule has 2 atom stereocenters. The molecule has 168 valence electrons. The van der Waals surface area contributed by atoms with Crippen molar-refractivity contribution in [3.8, 4) is 11.5 Å². The Bertz CT molecular complexity index is 984. The summed E-state index contributed by atoms with van der Waals surface area (Å²) < 4.78 is 5.96. The molecule has 3 heteroatoms. The van der Waals surface area contributed by atoms with Gasteiger partial charge in [-0.05, 0) is 97.6 Å². The molecule has 0 saturated carbocycles. The summed E-state index contributed by atoms with van der Waals surface area (Å²) in [6.07, 6.45) is 4.27. The Morgan fingerprint density at radius 1 is 0.969 bits per heavy atom. The van der Waals surface area contributed by atoms with E-state index < -0.39 is 0 Å². The molecule has 0 unspecified atom stereocenters. The van der Waals surface area contributed by atoms with Crippen molar-refractivity contribution in [3.63, 3.8) is 0 Å². The summed E-state index contributed by atoms with van der Waals surface area (Å²) in [6.45, 7) is 4.96. The molecule has 3 aromatic carbocycles. The number of hydrogen-bond donors (Lipinski definition) is 1. The lowest BCUT2D eigenvalue weighted by Crippen LogP contribution is -2.24. The Balaban J connectivity index is 1.49. The molecule has 1 aliphatic rings. The lowest BCUT2D eigenvalue weighted by atomic mass is 9.70. The zero-order valence-corrected chi connectivity index (χ0v) is 19.3. The predicted octanol–water partition coefficient (Wildman–Crippen LogP) is 6.17. The van der Waals surface area contributed by atoms with Crippen LogP contribution in [0.3, 0.4) is 0 Å². The van der Waals surface area contributed by atoms with E-state index in [4.69, 9.17) is 4.74 Å². The molecule has 0 bridgehead atoms. The van der Waals surface area contributed by atoms with Gasteiger partial charge in [-0.2, -0.15) is 0 Å². The molecule has 3 nitrogen and oxygen atoms in total. The van der Waals surface area contributed by atoms with Crippen LogP contribution in [0.2, 0.25) is 0 Å². The maximum absolute atomic E-state index is 10.00. The zero-order chi connectivity index (χ0) is 22.3. The third-order valence-corrected chi connectivity index (χ3v) is 6.69. The summed E-state index contributed by atoms with van der Waals surface area (Å²) in [7, 11) is 2.14. The Kier molecular flexibility index (Phi) is 7.49. The van der Waals surface area contributed by atoms with Crippen LogP contribution in [-0.4, -0.2) is 36.8 Å². The van der Waals surface area contributed by atoms with E-state index in [1.165, 1.54) is 28.7 Å². The summed E-state index contributed by atoms with van der Waals surface area (Å²) in [5, 5.41) is 10.00. The van der Waals surface area contributed by atoms with Crippen LogP contribution in [0.15, 0.2) is 72.8 Å². The first-order chi connectivity index (χ1) is 15.6. The Morgan fingerprint density at radius 2 is 1.75 bits per heavy atom. The lowest BCUT2D eigenvalue weighted by Gasteiger charge is -2.34. The van der Waals surface area contributed by atoms with E-state index in [0.29, 0.717) is 24.2 Å². The second kappa shape index (κ2) is 10.7. The van der Waals surface area contributed by atoms with Gasteiger partial charge in [0.1, 0.15) is 18.1 Å². The van der Waals surface area contributed by atoms with Gasteiger partial charge in [0.05, 0.1) is 0 Å². The van der Waals surface area contributed by atoms with E-state index in [1.54, 1.807) is 0 Å². The third-order valence-electron chi connectivity index (χ3n) is 6.69. The van der Waals surface area contributed by atoms with Crippen molar-refractivity contribution in [1.82, 2.24) is 4.90 Å². The lowest BCUT2D eigenvalue weighted by molar-refractivity contribution is 0.237. The van der Waals surface area contributed by atoms with E-state index in [9.17, 15) is 5.11 Å².